The van der Waals surface area contributed by atoms with E-state index in [4.69, 9.17) is 11.6 Å². The molecule has 3 heterocycles. The Labute approximate surface area is 154 Å². The second-order valence-corrected chi connectivity index (χ2v) is 6.85. The number of benzene rings is 1. The Balaban J connectivity index is 1.87. The van der Waals surface area contributed by atoms with Gasteiger partial charge in [-0.25, -0.2) is 14.6 Å². The van der Waals surface area contributed by atoms with Crippen molar-refractivity contribution >= 4 is 39.6 Å². The Morgan fingerprint density at radius 3 is 2.92 bits per heavy atom. The van der Waals surface area contributed by atoms with E-state index in [2.05, 4.69) is 25.4 Å². The third kappa shape index (κ3) is 2.70. The first-order valence-corrected chi connectivity index (χ1v) is 8.62. The molecule has 0 unspecified atom stereocenters. The second-order valence-electron chi connectivity index (χ2n) is 6.41. The summed E-state index contributed by atoms with van der Waals surface area (Å²) in [6.45, 7) is 5.74. The molecule has 0 atom stereocenters. The van der Waals surface area contributed by atoms with Crippen LogP contribution in [-0.4, -0.2) is 36.7 Å². The zero-order valence-electron chi connectivity index (χ0n) is 14.5. The van der Waals surface area contributed by atoms with Gasteiger partial charge in [-0.1, -0.05) is 11.6 Å². The van der Waals surface area contributed by atoms with Crippen molar-refractivity contribution in [1.82, 2.24) is 30.0 Å². The molecule has 4 rings (SSSR count). The summed E-state index contributed by atoms with van der Waals surface area (Å²) in [5.74, 6) is 0.349. The summed E-state index contributed by atoms with van der Waals surface area (Å²) in [6, 6.07) is 5.61. The van der Waals surface area contributed by atoms with E-state index in [9.17, 15) is 4.79 Å². The van der Waals surface area contributed by atoms with Gasteiger partial charge in [-0.15, -0.1) is 0 Å². The van der Waals surface area contributed by atoms with Crippen LogP contribution in [0, 0.1) is 6.92 Å². The van der Waals surface area contributed by atoms with Crippen LogP contribution in [0.1, 0.15) is 29.9 Å². The average molecular weight is 369 g/mol. The third-order valence-corrected chi connectivity index (χ3v) is 4.31. The van der Waals surface area contributed by atoms with Crippen molar-refractivity contribution in [3.8, 4) is 5.82 Å². The van der Waals surface area contributed by atoms with Crippen LogP contribution in [0.3, 0.4) is 0 Å². The Morgan fingerprint density at radius 2 is 2.15 bits per heavy atom. The Kier molecular flexibility index (Phi) is 3.88. The number of H-pyrrole nitrogens is 1. The van der Waals surface area contributed by atoms with E-state index in [0.29, 0.717) is 27.6 Å². The maximum atomic E-state index is 12.4. The number of hydrogen-bond acceptors (Lipinski definition) is 4. The minimum absolute atomic E-state index is 0.0334. The van der Waals surface area contributed by atoms with Crippen molar-refractivity contribution in [3.05, 3.63) is 46.9 Å². The number of fused-ring (bicyclic) bond motifs is 2. The fourth-order valence-corrected chi connectivity index (χ4v) is 3.08. The highest BCUT2D eigenvalue weighted by atomic mass is 35.5. The maximum Gasteiger partial charge on any atom is 0.255 e. The van der Waals surface area contributed by atoms with Gasteiger partial charge in [0.25, 0.3) is 5.91 Å². The molecule has 0 fully saturated rings. The van der Waals surface area contributed by atoms with Crippen LogP contribution in [0.4, 0.5) is 0 Å². The first-order valence-electron chi connectivity index (χ1n) is 8.24. The van der Waals surface area contributed by atoms with Crippen molar-refractivity contribution < 1.29 is 4.79 Å². The number of hydrogen-bond donors (Lipinski definition) is 2. The summed E-state index contributed by atoms with van der Waals surface area (Å²) in [5, 5.41) is 9.04. The first kappa shape index (κ1) is 16.5. The average Bonchev–Trinajstić information content (AvgIpc) is 3.15. The molecular weight excluding hydrogens is 352 g/mol. The number of halogens is 1. The highest BCUT2D eigenvalue weighted by molar-refractivity contribution is 6.31. The van der Waals surface area contributed by atoms with Crippen LogP contribution in [0.15, 0.2) is 30.6 Å². The summed E-state index contributed by atoms with van der Waals surface area (Å²) in [4.78, 5) is 24.4. The molecule has 132 valence electrons. The molecule has 26 heavy (non-hydrogen) atoms. The zero-order chi connectivity index (χ0) is 18.4. The zero-order valence-corrected chi connectivity index (χ0v) is 15.3. The van der Waals surface area contributed by atoms with E-state index in [-0.39, 0.29) is 11.9 Å². The minimum atomic E-state index is -0.189. The van der Waals surface area contributed by atoms with Crippen LogP contribution >= 0.6 is 11.6 Å². The molecule has 0 bridgehead atoms. The number of amides is 1. The van der Waals surface area contributed by atoms with Crippen LogP contribution in [-0.2, 0) is 0 Å². The Morgan fingerprint density at radius 1 is 1.35 bits per heavy atom. The molecule has 2 N–H and O–H groups in total. The van der Waals surface area contributed by atoms with Gasteiger partial charge in [-0.3, -0.25) is 4.79 Å². The predicted molar refractivity (Wildman–Crippen MR) is 101 cm³/mol. The number of aryl methyl sites for hydroxylation is 1. The second kappa shape index (κ2) is 6.10. The number of nitrogens with zero attached hydrogens (tertiary/aromatic N) is 4. The molecule has 0 saturated carbocycles. The number of aromatic amines is 1. The molecule has 0 aliphatic carbocycles. The normalized spacial score (nSPS) is 11.6. The quantitative estimate of drug-likeness (QED) is 0.580. The topological polar surface area (TPSA) is 88.5 Å². The van der Waals surface area contributed by atoms with Gasteiger partial charge in [-0.2, -0.15) is 5.10 Å². The Bertz CT molecular complexity index is 1140. The van der Waals surface area contributed by atoms with E-state index in [1.165, 1.54) is 0 Å². The van der Waals surface area contributed by atoms with Crippen LogP contribution < -0.4 is 5.32 Å². The molecule has 0 saturated heterocycles. The van der Waals surface area contributed by atoms with Crippen molar-refractivity contribution in [2.45, 2.75) is 26.8 Å². The van der Waals surface area contributed by atoms with Gasteiger partial charge in [0.15, 0.2) is 11.5 Å². The van der Waals surface area contributed by atoms with Crippen molar-refractivity contribution in [3.63, 3.8) is 0 Å². The number of carbonyl (C=O) groups excluding carboxylic acids is 1. The lowest BCUT2D eigenvalue weighted by Gasteiger charge is -2.07. The van der Waals surface area contributed by atoms with Gasteiger partial charge in [0.05, 0.1) is 23.0 Å². The fraction of sp³-hybridized carbons (Fsp3) is 0.222. The van der Waals surface area contributed by atoms with Crippen LogP contribution in [0.2, 0.25) is 5.02 Å². The van der Waals surface area contributed by atoms with Gasteiger partial charge in [-0.05, 0) is 39.0 Å². The van der Waals surface area contributed by atoms with E-state index in [1.54, 1.807) is 17.1 Å². The van der Waals surface area contributed by atoms with Gasteiger partial charge in [0.1, 0.15) is 5.52 Å². The lowest BCUT2D eigenvalue weighted by molar-refractivity contribution is 0.0944. The largest absolute Gasteiger partial charge is 0.350 e. The SMILES string of the molecule is Cc1nn(-c2cnc3[nH]cc(C(=O)NC(C)C)c3n2)c2ccc(Cl)cc12. The van der Waals surface area contributed by atoms with Crippen LogP contribution in [0.5, 0.6) is 0 Å². The molecule has 7 nitrogen and oxygen atoms in total. The van der Waals surface area contributed by atoms with Gasteiger partial charge in [0, 0.05) is 22.6 Å². The standard InChI is InChI=1S/C18H17ClN6O/c1-9(2)22-18(26)13-7-20-17-16(13)23-15(8-21-17)25-14-5-4-11(19)6-12(14)10(3)24-25/h4-9H,1-3H3,(H,20,21)(H,22,26). The van der Waals surface area contributed by atoms with Gasteiger partial charge in [0.2, 0.25) is 0 Å². The summed E-state index contributed by atoms with van der Waals surface area (Å²) in [6.07, 6.45) is 3.25. The predicted octanol–water partition coefficient (Wildman–Crippen LogP) is 3.40. The molecule has 1 amide bonds. The monoisotopic (exact) mass is 368 g/mol. The molecule has 4 aromatic rings. The molecule has 1 aromatic carbocycles. The molecule has 8 heteroatoms. The third-order valence-electron chi connectivity index (χ3n) is 4.08. The molecule has 0 radical (unpaired) electrons. The minimum Gasteiger partial charge on any atom is -0.350 e. The van der Waals surface area contributed by atoms with Crippen molar-refractivity contribution in [1.29, 1.82) is 0 Å². The van der Waals surface area contributed by atoms with Gasteiger partial charge < -0.3 is 10.3 Å². The lowest BCUT2D eigenvalue weighted by atomic mass is 10.2. The molecule has 0 aliphatic rings. The summed E-state index contributed by atoms with van der Waals surface area (Å²) in [7, 11) is 0. The molecular formula is C18H17ClN6O. The summed E-state index contributed by atoms with van der Waals surface area (Å²) >= 11 is 6.09. The maximum absolute atomic E-state index is 12.4. The van der Waals surface area contributed by atoms with Crippen molar-refractivity contribution in [2.75, 3.05) is 0 Å². The fourth-order valence-electron chi connectivity index (χ4n) is 2.91. The molecule has 0 aliphatic heterocycles. The van der Waals surface area contributed by atoms with E-state index >= 15 is 0 Å². The van der Waals surface area contributed by atoms with E-state index < -0.39 is 0 Å². The number of nitrogens with one attached hydrogen (secondary N) is 2. The van der Waals surface area contributed by atoms with E-state index in [1.807, 2.05) is 39.0 Å². The summed E-state index contributed by atoms with van der Waals surface area (Å²) < 4.78 is 1.71. The van der Waals surface area contributed by atoms with Gasteiger partial charge >= 0.3 is 0 Å². The molecule has 3 aromatic heterocycles. The molecule has 0 spiro atoms. The lowest BCUT2D eigenvalue weighted by Crippen LogP contribution is -2.30. The highest BCUT2D eigenvalue weighted by Crippen LogP contribution is 2.25. The number of aromatic nitrogens is 5. The Hall–Kier alpha value is -2.93. The van der Waals surface area contributed by atoms with Crippen molar-refractivity contribution in [2.24, 2.45) is 0 Å². The highest BCUT2D eigenvalue weighted by Gasteiger charge is 2.17. The first-order chi connectivity index (χ1) is 12.4. The van der Waals surface area contributed by atoms with E-state index in [0.717, 1.165) is 16.6 Å². The number of rotatable bonds is 3. The van der Waals surface area contributed by atoms with Crippen LogP contribution in [0.25, 0.3) is 27.9 Å². The summed E-state index contributed by atoms with van der Waals surface area (Å²) in [5.41, 5.74) is 3.24. The smallest absolute Gasteiger partial charge is 0.255 e. The number of carbonyl (C=O) groups is 1.